The van der Waals surface area contributed by atoms with Gasteiger partial charge in [-0.2, -0.15) is 0 Å². The van der Waals surface area contributed by atoms with Crippen LogP contribution in [0, 0.1) is 0 Å². The van der Waals surface area contributed by atoms with Gasteiger partial charge in [-0.05, 0) is 0 Å². The molecule has 0 fully saturated rings. The third-order valence-electron chi connectivity index (χ3n) is 0. The molecule has 80 valence electrons. The van der Waals surface area contributed by atoms with Gasteiger partial charge in [0, 0.05) is 27.5 Å². The van der Waals surface area contributed by atoms with Gasteiger partial charge in [0.25, 0.3) is 0 Å². The Morgan fingerprint density at radius 3 is 0.500 bits per heavy atom. The Morgan fingerprint density at radius 1 is 0.500 bits per heavy atom. The number of rotatable bonds is 0. The van der Waals surface area contributed by atoms with Crippen molar-refractivity contribution < 1.29 is 42.2 Å². The first-order valence-electron chi connectivity index (χ1n) is 1.84. The van der Waals surface area contributed by atoms with Crippen molar-refractivity contribution in [3.8, 4) is 0 Å². The van der Waals surface area contributed by atoms with Gasteiger partial charge in [-0.15, -0.1) is 0 Å². The molecule has 0 heterocycles. The molecule has 0 atom stereocenters. The Hall–Kier alpha value is 2.44. The van der Waals surface area contributed by atoms with E-state index in [4.69, 9.17) is 42.2 Å². The Morgan fingerprint density at radius 2 is 0.500 bits per heavy atom. The van der Waals surface area contributed by atoms with E-state index in [1.165, 1.54) is 0 Å². The Balaban J connectivity index is -0.0000000135. The van der Waals surface area contributed by atoms with E-state index in [-0.39, 0.29) is 110 Å². The first-order chi connectivity index (χ1) is 5.20. The van der Waals surface area contributed by atoms with Crippen molar-refractivity contribution in [2.45, 2.75) is 0 Å². The van der Waals surface area contributed by atoms with Crippen molar-refractivity contribution in [3.05, 3.63) is 0 Å². The topological polar surface area (TPSA) is 190 Å². The quantitative estimate of drug-likeness (QED) is 0.374. The summed E-state index contributed by atoms with van der Waals surface area (Å²) in [6, 6.07) is 0. The van der Waals surface area contributed by atoms with E-state index in [2.05, 4.69) is 0 Å². The van der Waals surface area contributed by atoms with Gasteiger partial charge in [0.2, 0.25) is 0 Å². The van der Waals surface area contributed by atoms with Crippen LogP contribution in [0.4, 0.5) is 0 Å². The zero-order chi connectivity index (χ0) is 10.7. The van der Waals surface area contributed by atoms with E-state index >= 15 is 0 Å². The molecular weight excluding hydrogens is 362 g/mol. The van der Waals surface area contributed by atoms with Gasteiger partial charge in [-0.3, -0.25) is 0 Å². The van der Waals surface area contributed by atoms with Gasteiger partial charge in [0.05, 0.1) is 0 Å². The average Bonchev–Trinajstić information content (AvgIpc) is 1.54. The summed E-state index contributed by atoms with van der Waals surface area (Å²) >= 11 is 0. The normalized spacial score (nSPS) is 4.50. The molecule has 16 heteroatoms. The molecule has 9 nitrogen and oxygen atoms in total. The van der Waals surface area contributed by atoms with Crippen LogP contribution in [-0.2, 0) is 13.4 Å². The van der Waals surface area contributed by atoms with Crippen LogP contribution >= 0.6 is 0 Å². The molecule has 0 aliphatic heterocycles. The third kappa shape index (κ3) is 660. The summed E-state index contributed by atoms with van der Waals surface area (Å²) in [5, 5.41) is 0. The number of hydrogen-bond donors (Lipinski definition) is 0. The fourth-order valence-electron chi connectivity index (χ4n) is 0. The van der Waals surface area contributed by atoms with E-state index in [1.54, 1.807) is 0 Å². The molecule has 0 saturated heterocycles. The van der Waals surface area contributed by atoms with Crippen LogP contribution in [0.25, 0.3) is 0 Å². The minimum atomic E-state index is -3.63. The van der Waals surface area contributed by atoms with E-state index in [9.17, 15) is 0 Å². The molecule has 16 heavy (non-hydrogen) atoms. The average molecular weight is 366 g/mol. The zero-order valence-corrected chi connectivity index (χ0v) is 11.6. The van der Waals surface area contributed by atoms with Gasteiger partial charge < -0.3 is 42.2 Å². The predicted octanol–water partition coefficient (Wildman–Crippen LogP) is -11.2. The molecule has 0 saturated carbocycles. The van der Waals surface area contributed by atoms with Crippen LogP contribution < -0.4 is 28.8 Å². The zero-order valence-electron chi connectivity index (χ0n) is 6.33. The molecule has 0 aromatic heterocycles. The molecular formula is H4Al2Ca2O9Si3. The SMILES string of the molecule is O=[Si]([O-])[O-].O=[Si]([O-])[O-].O=[Si]([O-])[O-].[Al+3].[Al+3].[CaH2].[CaH2]. The molecule has 0 aliphatic rings. The van der Waals surface area contributed by atoms with Gasteiger partial charge in [0.15, 0.2) is 0 Å². The molecule has 0 unspecified atom stereocenters. The molecule has 0 radical (unpaired) electrons. The summed E-state index contributed by atoms with van der Waals surface area (Å²) < 4.78 is 25.6. The maximum absolute atomic E-state index is 8.52. The summed E-state index contributed by atoms with van der Waals surface area (Å²) in [4.78, 5) is 51.1. The van der Waals surface area contributed by atoms with Gasteiger partial charge >= 0.3 is 110 Å². The van der Waals surface area contributed by atoms with Crippen molar-refractivity contribution in [3.63, 3.8) is 0 Å². The molecule has 0 N–H and O–H groups in total. The summed E-state index contributed by atoms with van der Waals surface area (Å²) in [5.74, 6) is 0. The summed E-state index contributed by atoms with van der Waals surface area (Å²) in [5.41, 5.74) is 0. The van der Waals surface area contributed by atoms with Gasteiger partial charge in [-0.25, -0.2) is 0 Å². The second kappa shape index (κ2) is 36.0. The maximum atomic E-state index is 8.52. The van der Waals surface area contributed by atoms with Crippen LogP contribution in [0.5, 0.6) is 0 Å². The molecule has 0 spiro atoms. The van der Waals surface area contributed by atoms with Crippen LogP contribution in [0.2, 0.25) is 0 Å². The summed E-state index contributed by atoms with van der Waals surface area (Å²) in [6.07, 6.45) is 0. The standard InChI is InChI=1S/2Al.2Ca.3O3Si.4H/c;;;;3*1-4(2)3;;;;/q2*+3;;;3*-2;;;;. The molecule has 0 aliphatic carbocycles. The van der Waals surface area contributed by atoms with Gasteiger partial charge in [0.1, 0.15) is 0 Å². The fraction of sp³-hybridized carbons (Fsp3) is 0. The van der Waals surface area contributed by atoms with Crippen molar-refractivity contribution >= 4 is 138 Å². The third-order valence-corrected chi connectivity index (χ3v) is 0. The molecule has 0 amide bonds. The second-order valence-corrected chi connectivity index (χ2v) is 2.25. The van der Waals surface area contributed by atoms with E-state index in [0.717, 1.165) is 0 Å². The van der Waals surface area contributed by atoms with Crippen LogP contribution in [0.1, 0.15) is 0 Å². The van der Waals surface area contributed by atoms with E-state index in [0.29, 0.717) is 0 Å². The molecule has 0 aromatic carbocycles. The summed E-state index contributed by atoms with van der Waals surface area (Å²) in [7, 11) is -10.9. The van der Waals surface area contributed by atoms with Crippen molar-refractivity contribution in [1.29, 1.82) is 0 Å². The van der Waals surface area contributed by atoms with Gasteiger partial charge in [-0.1, -0.05) is 0 Å². The van der Waals surface area contributed by atoms with Crippen molar-refractivity contribution in [1.82, 2.24) is 0 Å². The predicted molar refractivity (Wildman–Crippen MR) is 47.9 cm³/mol. The Labute approximate surface area is 176 Å². The minimum absolute atomic E-state index is 0. The van der Waals surface area contributed by atoms with Crippen molar-refractivity contribution in [2.24, 2.45) is 0 Å². The molecule has 0 aromatic rings. The van der Waals surface area contributed by atoms with Crippen LogP contribution in [0.3, 0.4) is 0 Å². The molecule has 0 bridgehead atoms. The Bertz CT molecular complexity index is 124. The van der Waals surface area contributed by atoms with Crippen LogP contribution in [-0.4, -0.2) is 138 Å². The fourth-order valence-corrected chi connectivity index (χ4v) is 0. The van der Waals surface area contributed by atoms with Crippen LogP contribution in [0.15, 0.2) is 0 Å². The van der Waals surface area contributed by atoms with E-state index < -0.39 is 27.5 Å². The van der Waals surface area contributed by atoms with E-state index in [1.807, 2.05) is 0 Å². The first kappa shape index (κ1) is 42.9. The molecule has 0 rings (SSSR count). The first-order valence-corrected chi connectivity index (χ1v) is 5.51. The summed E-state index contributed by atoms with van der Waals surface area (Å²) in [6.45, 7) is 0. The Kier molecular flexibility index (Phi) is 96.5. The number of hydrogen-bond acceptors (Lipinski definition) is 9. The van der Waals surface area contributed by atoms with Crippen molar-refractivity contribution in [2.75, 3.05) is 0 Å². The second-order valence-electron chi connectivity index (χ2n) is 0.750. The monoisotopic (exact) mass is 366 g/mol.